The molecule has 5 aromatic rings. The maximum absolute atomic E-state index is 14.7. The van der Waals surface area contributed by atoms with Crippen molar-refractivity contribution in [3.63, 3.8) is 0 Å². The van der Waals surface area contributed by atoms with Crippen LogP contribution in [-0.4, -0.2) is 41.5 Å². The minimum Gasteiger partial charge on any atom is -0.508 e. The van der Waals surface area contributed by atoms with Gasteiger partial charge in [0.05, 0.1) is 5.56 Å². The minimum atomic E-state index is -1.06. The summed E-state index contributed by atoms with van der Waals surface area (Å²) in [6, 6.07) is 16.0. The fraction of sp³-hybridized carbons (Fsp3) is 0.205. The fourth-order valence-corrected chi connectivity index (χ4v) is 6.74. The van der Waals surface area contributed by atoms with Gasteiger partial charge >= 0.3 is 0 Å². The molecule has 1 aliphatic carbocycles. The Labute approximate surface area is 276 Å². The van der Waals surface area contributed by atoms with E-state index in [0.29, 0.717) is 34.3 Å². The zero-order valence-corrected chi connectivity index (χ0v) is 26.6. The van der Waals surface area contributed by atoms with Crippen LogP contribution >= 0.6 is 0 Å². The summed E-state index contributed by atoms with van der Waals surface area (Å²) >= 11 is 0. The van der Waals surface area contributed by atoms with Crippen molar-refractivity contribution >= 4 is 16.8 Å². The maximum atomic E-state index is 14.7. The van der Waals surface area contributed by atoms with E-state index in [4.69, 9.17) is 4.42 Å². The molecule has 0 fully saturated rings. The third-order valence-corrected chi connectivity index (χ3v) is 9.04. The van der Waals surface area contributed by atoms with Gasteiger partial charge in [0.1, 0.15) is 51.6 Å². The third kappa shape index (κ3) is 5.90. The Hall–Kier alpha value is -5.83. The average molecular weight is 649 g/mol. The lowest BCUT2D eigenvalue weighted by Gasteiger charge is -2.37. The van der Waals surface area contributed by atoms with Crippen LogP contribution in [0.3, 0.4) is 0 Å². The van der Waals surface area contributed by atoms with Gasteiger partial charge in [0.15, 0.2) is 5.78 Å². The maximum Gasteiger partial charge on any atom is 0.171 e. The van der Waals surface area contributed by atoms with Crippen molar-refractivity contribution in [2.24, 2.45) is 5.92 Å². The van der Waals surface area contributed by atoms with E-state index in [-0.39, 0.29) is 63.4 Å². The number of furan rings is 1. The summed E-state index contributed by atoms with van der Waals surface area (Å²) in [5, 5.41) is 76.5. The first kappa shape index (κ1) is 32.1. The molecular weight excluding hydrogens is 612 g/mol. The first-order valence-electron chi connectivity index (χ1n) is 15.5. The standard InChI is InChI=1S/C39H36O9/c1-19(2)4-8-26-30(42)11-10-27(38(26)46)39(47)36-28(25-9-7-23(40)17-31(25)43)12-20(3)13-29(36)37-32(44)14-22(15-33(37)45)34-16-21-5-6-24(41)18-35(21)48-34/h4-7,9-11,13-18,28-29,36,40-46H,8,12H2,1-3H3/t28-,29-,36-/m0/s1. The predicted octanol–water partition coefficient (Wildman–Crippen LogP) is 8.26. The second-order valence-corrected chi connectivity index (χ2v) is 12.7. The largest absolute Gasteiger partial charge is 0.508 e. The van der Waals surface area contributed by atoms with E-state index in [0.717, 1.165) is 11.1 Å². The summed E-state index contributed by atoms with van der Waals surface area (Å²) in [6.45, 7) is 5.60. The summed E-state index contributed by atoms with van der Waals surface area (Å²) in [7, 11) is 0. The Morgan fingerprint density at radius 3 is 2.19 bits per heavy atom. The van der Waals surface area contributed by atoms with Gasteiger partial charge in [-0.2, -0.15) is 0 Å². The van der Waals surface area contributed by atoms with E-state index in [1.165, 1.54) is 54.6 Å². The number of benzene rings is 4. The Morgan fingerprint density at radius 2 is 1.50 bits per heavy atom. The average Bonchev–Trinajstić information content (AvgIpc) is 3.43. The molecule has 1 aliphatic rings. The molecule has 0 aliphatic heterocycles. The summed E-state index contributed by atoms with van der Waals surface area (Å²) < 4.78 is 5.88. The van der Waals surface area contributed by atoms with Gasteiger partial charge in [0.25, 0.3) is 0 Å². The van der Waals surface area contributed by atoms with Gasteiger partial charge in [0, 0.05) is 52.0 Å². The van der Waals surface area contributed by atoms with Gasteiger partial charge in [-0.05, 0) is 87.7 Å². The van der Waals surface area contributed by atoms with Crippen molar-refractivity contribution < 1.29 is 45.0 Å². The van der Waals surface area contributed by atoms with Gasteiger partial charge in [0.2, 0.25) is 0 Å². The number of aromatic hydroxyl groups is 7. The molecule has 9 nitrogen and oxygen atoms in total. The fourth-order valence-electron chi connectivity index (χ4n) is 6.74. The van der Waals surface area contributed by atoms with Gasteiger partial charge < -0.3 is 40.2 Å². The van der Waals surface area contributed by atoms with Crippen LogP contribution in [0.2, 0.25) is 0 Å². The summed E-state index contributed by atoms with van der Waals surface area (Å²) in [5.74, 6) is -4.43. The van der Waals surface area contributed by atoms with Crippen molar-refractivity contribution in [1.29, 1.82) is 0 Å². The van der Waals surface area contributed by atoms with Crippen molar-refractivity contribution in [2.75, 3.05) is 0 Å². The summed E-state index contributed by atoms with van der Waals surface area (Å²) in [6.07, 6.45) is 4.11. The van der Waals surface area contributed by atoms with E-state index in [2.05, 4.69) is 0 Å². The molecule has 4 aromatic carbocycles. The van der Waals surface area contributed by atoms with E-state index >= 15 is 0 Å². The smallest absolute Gasteiger partial charge is 0.171 e. The molecule has 0 unspecified atom stereocenters. The number of ketones is 1. The first-order valence-corrected chi connectivity index (χ1v) is 15.5. The van der Waals surface area contributed by atoms with E-state index in [1.807, 2.05) is 26.8 Å². The molecule has 246 valence electrons. The second kappa shape index (κ2) is 12.4. The lowest BCUT2D eigenvalue weighted by molar-refractivity contribution is 0.0876. The highest BCUT2D eigenvalue weighted by molar-refractivity contribution is 6.02. The number of carbonyl (C=O) groups is 1. The number of hydrogen-bond acceptors (Lipinski definition) is 9. The zero-order valence-electron chi connectivity index (χ0n) is 26.6. The highest BCUT2D eigenvalue weighted by Crippen LogP contribution is 2.53. The second-order valence-electron chi connectivity index (χ2n) is 12.7. The SMILES string of the molecule is CC(C)=CCc1c(O)ccc(C(=O)[C@@H]2[C@@H](c3c(O)cc(-c4cc5ccc(O)cc5o4)cc3O)C=C(C)C[C@H]2c2ccc(O)cc2O)c1O. The topological polar surface area (TPSA) is 172 Å². The Balaban J connectivity index is 1.51. The molecule has 0 amide bonds. The van der Waals surface area contributed by atoms with Gasteiger partial charge in [-0.1, -0.05) is 29.4 Å². The molecule has 1 aromatic heterocycles. The van der Waals surface area contributed by atoms with Crippen LogP contribution in [-0.2, 0) is 6.42 Å². The number of Topliss-reactive ketones (excluding diaryl/α,β-unsaturated/α-hetero) is 1. The number of allylic oxidation sites excluding steroid dienone is 4. The third-order valence-electron chi connectivity index (χ3n) is 9.04. The number of rotatable bonds is 7. The molecule has 48 heavy (non-hydrogen) atoms. The van der Waals surface area contributed by atoms with E-state index < -0.39 is 23.5 Å². The predicted molar refractivity (Wildman–Crippen MR) is 181 cm³/mol. The Morgan fingerprint density at radius 1 is 0.812 bits per heavy atom. The van der Waals surface area contributed by atoms with Crippen LogP contribution in [0.4, 0.5) is 0 Å². The van der Waals surface area contributed by atoms with Crippen molar-refractivity contribution in [1.82, 2.24) is 0 Å². The monoisotopic (exact) mass is 648 g/mol. The first-order chi connectivity index (χ1) is 22.8. The highest BCUT2D eigenvalue weighted by Gasteiger charge is 2.43. The zero-order chi connectivity index (χ0) is 34.4. The summed E-state index contributed by atoms with van der Waals surface area (Å²) in [5.41, 5.74) is 3.10. The number of phenolic OH excluding ortho intramolecular Hbond substituents is 7. The molecule has 1 heterocycles. The molecule has 0 radical (unpaired) electrons. The summed E-state index contributed by atoms with van der Waals surface area (Å²) in [4.78, 5) is 14.7. The molecule has 0 spiro atoms. The molecule has 0 saturated carbocycles. The van der Waals surface area contributed by atoms with Crippen LogP contribution in [0.15, 0.2) is 94.4 Å². The van der Waals surface area contributed by atoms with Crippen LogP contribution in [0.5, 0.6) is 40.2 Å². The Kier molecular flexibility index (Phi) is 8.30. The highest BCUT2D eigenvalue weighted by atomic mass is 16.3. The quantitative estimate of drug-likeness (QED) is 0.0677. The van der Waals surface area contributed by atoms with Gasteiger partial charge in [-0.15, -0.1) is 0 Å². The molecule has 6 rings (SSSR count). The molecular formula is C39H36O9. The van der Waals surface area contributed by atoms with Crippen molar-refractivity contribution in [2.45, 2.75) is 45.4 Å². The Bertz CT molecular complexity index is 2110. The van der Waals surface area contributed by atoms with E-state index in [1.54, 1.807) is 18.2 Å². The minimum absolute atomic E-state index is 0.0255. The number of carbonyl (C=O) groups excluding carboxylic acids is 1. The molecule has 0 saturated heterocycles. The lowest BCUT2D eigenvalue weighted by atomic mass is 9.65. The number of hydrogen-bond donors (Lipinski definition) is 7. The van der Waals surface area contributed by atoms with Gasteiger partial charge in [-0.25, -0.2) is 0 Å². The van der Waals surface area contributed by atoms with Crippen LogP contribution in [0.25, 0.3) is 22.3 Å². The van der Waals surface area contributed by atoms with Gasteiger partial charge in [-0.3, -0.25) is 4.79 Å². The molecule has 3 atom stereocenters. The number of fused-ring (bicyclic) bond motifs is 1. The molecule has 9 heteroatoms. The van der Waals surface area contributed by atoms with E-state index in [9.17, 15) is 40.5 Å². The van der Waals surface area contributed by atoms with Crippen molar-refractivity contribution in [3.8, 4) is 51.6 Å². The molecule has 0 bridgehead atoms. The van der Waals surface area contributed by atoms with Crippen LogP contribution < -0.4 is 0 Å². The normalized spacial score (nSPS) is 17.6. The lowest BCUT2D eigenvalue weighted by Crippen LogP contribution is -2.31. The van der Waals surface area contributed by atoms with Crippen LogP contribution in [0.1, 0.15) is 66.1 Å². The van der Waals surface area contributed by atoms with Crippen LogP contribution in [0, 0.1) is 5.92 Å². The van der Waals surface area contributed by atoms with Crippen molar-refractivity contribution in [3.05, 3.63) is 112 Å². The number of phenols is 7. The molecule has 7 N–H and O–H groups in total.